The Bertz CT molecular complexity index is 1120. The molecule has 3 aromatic carbocycles. The molecule has 170 valence electrons. The molecule has 2 N–H and O–H groups in total. The number of carbonyl (C=O) groups excluding carboxylic acids is 2. The molecule has 33 heavy (non-hydrogen) atoms. The maximum atomic E-state index is 12.5. The second-order valence-electron chi connectivity index (χ2n) is 9.04. The standard InChI is InChI=1S/C27H30N4O2/c1-27(2,3)22-12-8-20(9-13-22)25(32)29-23-14-10-21(11-15-23)26(33)30-28-18-19-6-16-24(17-7-19)31(4)5/h6-18H,1-5H3,(H,29,32)(H,30,33). The first-order valence-corrected chi connectivity index (χ1v) is 10.8. The van der Waals surface area contributed by atoms with Gasteiger partial charge in [0.2, 0.25) is 0 Å². The Hall–Kier alpha value is -3.93. The van der Waals surface area contributed by atoms with Crippen LogP contribution in [0.2, 0.25) is 0 Å². The predicted molar refractivity (Wildman–Crippen MR) is 135 cm³/mol. The summed E-state index contributed by atoms with van der Waals surface area (Å²) in [5, 5.41) is 6.88. The number of amides is 2. The quantitative estimate of drug-likeness (QED) is 0.414. The van der Waals surface area contributed by atoms with Crippen LogP contribution < -0.4 is 15.6 Å². The van der Waals surface area contributed by atoms with Gasteiger partial charge in [-0.3, -0.25) is 9.59 Å². The van der Waals surface area contributed by atoms with Crippen molar-refractivity contribution in [1.82, 2.24) is 5.43 Å². The number of hydrogen-bond acceptors (Lipinski definition) is 4. The van der Waals surface area contributed by atoms with Crippen molar-refractivity contribution >= 4 is 29.4 Å². The van der Waals surface area contributed by atoms with Gasteiger partial charge in [-0.05, 0) is 65.1 Å². The zero-order valence-electron chi connectivity index (χ0n) is 19.7. The second kappa shape index (κ2) is 10.1. The van der Waals surface area contributed by atoms with Crippen LogP contribution >= 0.6 is 0 Å². The lowest BCUT2D eigenvalue weighted by Crippen LogP contribution is -2.18. The molecule has 0 fully saturated rings. The second-order valence-corrected chi connectivity index (χ2v) is 9.04. The highest BCUT2D eigenvalue weighted by molar-refractivity contribution is 6.04. The molecular formula is C27H30N4O2. The molecule has 0 aliphatic carbocycles. The third-order valence-corrected chi connectivity index (χ3v) is 5.21. The molecule has 0 aliphatic heterocycles. The van der Waals surface area contributed by atoms with Gasteiger partial charge >= 0.3 is 0 Å². The number of rotatable bonds is 6. The summed E-state index contributed by atoms with van der Waals surface area (Å²) in [6, 6.07) is 22.1. The molecule has 0 saturated heterocycles. The summed E-state index contributed by atoms with van der Waals surface area (Å²) in [7, 11) is 3.95. The van der Waals surface area contributed by atoms with Crippen molar-refractivity contribution in [3.8, 4) is 0 Å². The van der Waals surface area contributed by atoms with Crippen molar-refractivity contribution in [2.45, 2.75) is 26.2 Å². The number of nitrogens with one attached hydrogen (secondary N) is 2. The van der Waals surface area contributed by atoms with E-state index in [0.717, 1.165) is 11.3 Å². The third-order valence-electron chi connectivity index (χ3n) is 5.21. The molecule has 0 bridgehead atoms. The van der Waals surface area contributed by atoms with Gasteiger partial charge in [0.1, 0.15) is 0 Å². The first-order chi connectivity index (χ1) is 15.6. The number of carbonyl (C=O) groups is 2. The molecule has 0 aromatic heterocycles. The Balaban J connectivity index is 1.55. The fourth-order valence-electron chi connectivity index (χ4n) is 3.12. The van der Waals surface area contributed by atoms with Crippen molar-refractivity contribution in [2.75, 3.05) is 24.3 Å². The molecule has 0 saturated carbocycles. The first-order valence-electron chi connectivity index (χ1n) is 10.8. The molecular weight excluding hydrogens is 412 g/mol. The Labute approximate surface area is 195 Å². The van der Waals surface area contributed by atoms with Crippen LogP contribution in [0.3, 0.4) is 0 Å². The fraction of sp³-hybridized carbons (Fsp3) is 0.222. The molecule has 3 rings (SSSR count). The van der Waals surface area contributed by atoms with Gasteiger partial charge in [0, 0.05) is 36.6 Å². The van der Waals surface area contributed by atoms with Gasteiger partial charge < -0.3 is 10.2 Å². The van der Waals surface area contributed by atoms with E-state index in [1.54, 1.807) is 30.5 Å². The maximum absolute atomic E-state index is 12.5. The molecule has 2 amide bonds. The maximum Gasteiger partial charge on any atom is 0.271 e. The highest BCUT2D eigenvalue weighted by Crippen LogP contribution is 2.22. The topological polar surface area (TPSA) is 73.8 Å². The Kier molecular flexibility index (Phi) is 7.28. The smallest absolute Gasteiger partial charge is 0.271 e. The number of anilines is 2. The first kappa shape index (κ1) is 23.7. The summed E-state index contributed by atoms with van der Waals surface area (Å²) in [6.07, 6.45) is 1.59. The van der Waals surface area contributed by atoms with Gasteiger partial charge in [-0.2, -0.15) is 5.10 Å². The van der Waals surface area contributed by atoms with Gasteiger partial charge in [-0.15, -0.1) is 0 Å². The van der Waals surface area contributed by atoms with E-state index in [0.29, 0.717) is 16.8 Å². The summed E-state index contributed by atoms with van der Waals surface area (Å²) in [4.78, 5) is 26.9. The summed E-state index contributed by atoms with van der Waals surface area (Å²) in [5.74, 6) is -0.524. The Morgan fingerprint density at radius 3 is 1.88 bits per heavy atom. The van der Waals surface area contributed by atoms with E-state index in [-0.39, 0.29) is 17.2 Å². The van der Waals surface area contributed by atoms with Gasteiger partial charge in [0.15, 0.2) is 0 Å². The highest BCUT2D eigenvalue weighted by Gasteiger charge is 2.14. The molecule has 0 aliphatic rings. The largest absolute Gasteiger partial charge is 0.378 e. The lowest BCUT2D eigenvalue weighted by molar-refractivity contribution is 0.0954. The molecule has 3 aromatic rings. The number of hydrogen-bond donors (Lipinski definition) is 2. The van der Waals surface area contributed by atoms with Crippen LogP contribution in [0, 0.1) is 0 Å². The van der Waals surface area contributed by atoms with Crippen LogP contribution in [0.5, 0.6) is 0 Å². The van der Waals surface area contributed by atoms with E-state index < -0.39 is 0 Å². The van der Waals surface area contributed by atoms with Crippen LogP contribution in [0.25, 0.3) is 0 Å². The van der Waals surface area contributed by atoms with Crippen molar-refractivity contribution in [2.24, 2.45) is 5.10 Å². The van der Waals surface area contributed by atoms with Crippen LogP contribution in [-0.2, 0) is 5.41 Å². The molecule has 6 nitrogen and oxygen atoms in total. The highest BCUT2D eigenvalue weighted by atomic mass is 16.2. The number of hydrazone groups is 1. The van der Waals surface area contributed by atoms with Crippen molar-refractivity contribution in [3.05, 3.63) is 95.1 Å². The van der Waals surface area contributed by atoms with Crippen molar-refractivity contribution in [1.29, 1.82) is 0 Å². The van der Waals surface area contributed by atoms with E-state index in [2.05, 4.69) is 36.6 Å². The summed E-state index contributed by atoms with van der Waals surface area (Å²) in [6.45, 7) is 6.40. The summed E-state index contributed by atoms with van der Waals surface area (Å²) >= 11 is 0. The van der Waals surface area contributed by atoms with Crippen LogP contribution in [0.1, 0.15) is 52.6 Å². The van der Waals surface area contributed by atoms with E-state index >= 15 is 0 Å². The number of benzene rings is 3. The molecule has 0 spiro atoms. The average Bonchev–Trinajstić information content (AvgIpc) is 2.79. The average molecular weight is 443 g/mol. The van der Waals surface area contributed by atoms with Crippen LogP contribution in [-0.4, -0.2) is 32.1 Å². The SMILES string of the molecule is CN(C)c1ccc(C=NNC(=O)c2ccc(NC(=O)c3ccc(C(C)(C)C)cc3)cc2)cc1. The van der Waals surface area contributed by atoms with E-state index in [1.165, 1.54) is 5.56 Å². The summed E-state index contributed by atoms with van der Waals surface area (Å²) < 4.78 is 0. The normalized spacial score (nSPS) is 11.3. The molecule has 0 atom stereocenters. The Morgan fingerprint density at radius 1 is 0.788 bits per heavy atom. The van der Waals surface area contributed by atoms with Crippen molar-refractivity contribution < 1.29 is 9.59 Å². The van der Waals surface area contributed by atoms with E-state index in [1.807, 2.05) is 67.5 Å². The lowest BCUT2D eigenvalue weighted by atomic mass is 9.87. The number of nitrogens with zero attached hydrogens (tertiary/aromatic N) is 2. The van der Waals surface area contributed by atoms with Crippen molar-refractivity contribution in [3.63, 3.8) is 0 Å². The Morgan fingerprint density at radius 2 is 1.33 bits per heavy atom. The fourth-order valence-corrected chi connectivity index (χ4v) is 3.12. The van der Waals surface area contributed by atoms with Gasteiger partial charge in [-0.1, -0.05) is 45.0 Å². The third kappa shape index (κ3) is 6.53. The van der Waals surface area contributed by atoms with Crippen LogP contribution in [0.15, 0.2) is 77.9 Å². The lowest BCUT2D eigenvalue weighted by Gasteiger charge is -2.19. The van der Waals surface area contributed by atoms with Gasteiger partial charge in [0.25, 0.3) is 11.8 Å². The molecule has 0 heterocycles. The minimum absolute atomic E-state index is 0.0339. The molecule has 0 radical (unpaired) electrons. The van der Waals surface area contributed by atoms with E-state index in [4.69, 9.17) is 0 Å². The minimum atomic E-state index is -0.327. The zero-order valence-corrected chi connectivity index (χ0v) is 19.7. The zero-order chi connectivity index (χ0) is 24.0. The molecule has 0 unspecified atom stereocenters. The predicted octanol–water partition coefficient (Wildman–Crippen LogP) is 5.07. The monoisotopic (exact) mass is 442 g/mol. The minimum Gasteiger partial charge on any atom is -0.378 e. The summed E-state index contributed by atoms with van der Waals surface area (Å²) in [5.41, 5.74) is 7.34. The van der Waals surface area contributed by atoms with E-state index in [9.17, 15) is 9.59 Å². The van der Waals surface area contributed by atoms with Gasteiger partial charge in [0.05, 0.1) is 6.21 Å². The molecule has 6 heteroatoms. The van der Waals surface area contributed by atoms with Gasteiger partial charge in [-0.25, -0.2) is 5.43 Å². The van der Waals surface area contributed by atoms with Crippen LogP contribution in [0.4, 0.5) is 11.4 Å².